The second kappa shape index (κ2) is 6.30. The second-order valence-corrected chi connectivity index (χ2v) is 8.08. The van der Waals surface area contributed by atoms with Crippen LogP contribution in [-0.4, -0.2) is 32.7 Å². The topological polar surface area (TPSA) is 38.1 Å². The smallest absolute Gasteiger partial charge is 0.264 e. The van der Waals surface area contributed by atoms with Gasteiger partial charge in [-0.3, -0.25) is 4.79 Å². The lowest BCUT2D eigenvalue weighted by Gasteiger charge is -2.40. The van der Waals surface area contributed by atoms with Gasteiger partial charge in [0, 0.05) is 17.5 Å². The van der Waals surface area contributed by atoms with Crippen LogP contribution in [0.1, 0.15) is 48.5 Å². The molecule has 5 heteroatoms. The molecule has 4 nitrogen and oxygen atoms in total. The van der Waals surface area contributed by atoms with Gasteiger partial charge in [-0.15, -0.1) is 11.3 Å². The van der Waals surface area contributed by atoms with Gasteiger partial charge in [-0.1, -0.05) is 18.2 Å². The summed E-state index contributed by atoms with van der Waals surface area (Å²) in [4.78, 5) is 17.1. The average Bonchev–Trinajstić information content (AvgIpc) is 3.11. The quantitative estimate of drug-likeness (QED) is 0.676. The maximum atomic E-state index is 13.2. The van der Waals surface area contributed by atoms with E-state index in [1.807, 2.05) is 48.0 Å². The Kier molecular flexibility index (Phi) is 4.12. The first-order valence-corrected chi connectivity index (χ1v) is 9.75. The highest BCUT2D eigenvalue weighted by Gasteiger charge is 2.32. The zero-order valence-electron chi connectivity index (χ0n) is 14.9. The van der Waals surface area contributed by atoms with Crippen molar-refractivity contribution in [3.63, 3.8) is 0 Å². The lowest BCUT2D eigenvalue weighted by molar-refractivity contribution is 0.0494. The first-order valence-electron chi connectivity index (χ1n) is 8.93. The number of rotatable bonds is 4. The molecule has 0 N–H and O–H groups in total. The minimum Gasteiger partial charge on any atom is -0.333 e. The minimum absolute atomic E-state index is 0.167. The van der Waals surface area contributed by atoms with Gasteiger partial charge in [0.2, 0.25) is 0 Å². The third-order valence-electron chi connectivity index (χ3n) is 5.02. The van der Waals surface area contributed by atoms with Gasteiger partial charge >= 0.3 is 0 Å². The maximum absolute atomic E-state index is 13.2. The van der Waals surface area contributed by atoms with Gasteiger partial charge in [-0.05, 0) is 58.2 Å². The summed E-state index contributed by atoms with van der Waals surface area (Å²) in [5.74, 6) is 0.167. The number of carbonyl (C=O) groups excluding carboxylic acids is 1. The molecule has 130 valence electrons. The van der Waals surface area contributed by atoms with Crippen molar-refractivity contribution in [2.75, 3.05) is 0 Å². The number of amides is 1. The highest BCUT2D eigenvalue weighted by molar-refractivity contribution is 7.20. The van der Waals surface area contributed by atoms with Crippen LogP contribution in [0.25, 0.3) is 15.9 Å². The van der Waals surface area contributed by atoms with E-state index in [9.17, 15) is 4.79 Å². The van der Waals surface area contributed by atoms with Gasteiger partial charge in [0.05, 0.1) is 16.3 Å². The molecule has 0 saturated heterocycles. The number of nitrogens with zero attached hydrogens (tertiary/aromatic N) is 3. The fourth-order valence-corrected chi connectivity index (χ4v) is 4.64. The van der Waals surface area contributed by atoms with Crippen LogP contribution >= 0.6 is 11.3 Å². The van der Waals surface area contributed by atoms with Crippen LogP contribution in [0.2, 0.25) is 0 Å². The standard InChI is InChI=1S/C20H23N3OS/c1-13(2)22(15-10-7-11-15)19(24)18-12-17-14(3)21-23(20(17)25-18)16-8-5-4-6-9-16/h4-6,8-9,12-13,15H,7,10-11H2,1-3H3. The van der Waals surface area contributed by atoms with Gasteiger partial charge < -0.3 is 4.90 Å². The molecule has 1 aromatic carbocycles. The molecule has 1 amide bonds. The Bertz CT molecular complexity index is 906. The molecule has 0 bridgehead atoms. The SMILES string of the molecule is Cc1nn(-c2ccccc2)c2sc(C(=O)N(C(C)C)C3CCC3)cc12. The number of aromatic nitrogens is 2. The molecule has 0 atom stereocenters. The molecule has 3 aromatic rings. The fourth-order valence-electron chi connectivity index (χ4n) is 3.51. The largest absolute Gasteiger partial charge is 0.333 e. The molecule has 4 rings (SSSR count). The molecule has 2 aromatic heterocycles. The predicted octanol–water partition coefficient (Wildman–Crippen LogP) is 4.80. The van der Waals surface area contributed by atoms with Crippen molar-refractivity contribution in [1.29, 1.82) is 0 Å². The molecule has 0 unspecified atom stereocenters. The van der Waals surface area contributed by atoms with Crippen LogP contribution in [0.5, 0.6) is 0 Å². The summed E-state index contributed by atoms with van der Waals surface area (Å²) < 4.78 is 1.95. The average molecular weight is 353 g/mol. The van der Waals surface area contributed by atoms with Gasteiger partial charge in [0.15, 0.2) is 0 Å². The molecule has 2 heterocycles. The number of benzene rings is 1. The van der Waals surface area contributed by atoms with Gasteiger partial charge in [-0.2, -0.15) is 5.10 Å². The maximum Gasteiger partial charge on any atom is 0.264 e. The molecule has 0 radical (unpaired) electrons. The Morgan fingerprint density at radius 2 is 2.00 bits per heavy atom. The van der Waals surface area contributed by atoms with Crippen LogP contribution < -0.4 is 0 Å². The number of thiophene rings is 1. The first kappa shape index (κ1) is 16.3. The van der Waals surface area contributed by atoms with Crippen molar-refractivity contribution >= 4 is 27.5 Å². The van der Waals surface area contributed by atoms with Crippen LogP contribution in [0.15, 0.2) is 36.4 Å². The summed E-state index contributed by atoms with van der Waals surface area (Å²) in [6.07, 6.45) is 3.49. The molecule has 25 heavy (non-hydrogen) atoms. The highest BCUT2D eigenvalue weighted by atomic mass is 32.1. The summed E-state index contributed by atoms with van der Waals surface area (Å²) in [6.45, 7) is 6.23. The lowest BCUT2D eigenvalue weighted by Crippen LogP contribution is -2.47. The van der Waals surface area contributed by atoms with Crippen molar-refractivity contribution in [2.45, 2.75) is 52.1 Å². The number of aryl methyl sites for hydroxylation is 1. The van der Waals surface area contributed by atoms with E-state index in [1.165, 1.54) is 6.42 Å². The van der Waals surface area contributed by atoms with Crippen molar-refractivity contribution in [3.8, 4) is 5.69 Å². The van der Waals surface area contributed by atoms with Crippen LogP contribution in [0.3, 0.4) is 0 Å². The summed E-state index contributed by atoms with van der Waals surface area (Å²) in [5, 5.41) is 5.74. The lowest BCUT2D eigenvalue weighted by atomic mass is 9.90. The normalized spacial score (nSPS) is 14.9. The van der Waals surface area contributed by atoms with E-state index in [-0.39, 0.29) is 11.9 Å². The Morgan fingerprint density at radius 3 is 2.60 bits per heavy atom. The zero-order valence-corrected chi connectivity index (χ0v) is 15.7. The number of para-hydroxylation sites is 1. The van der Waals surface area contributed by atoms with Crippen molar-refractivity contribution in [1.82, 2.24) is 14.7 Å². The summed E-state index contributed by atoms with van der Waals surface area (Å²) in [6, 6.07) is 12.8. The Balaban J connectivity index is 1.75. The van der Waals surface area contributed by atoms with E-state index >= 15 is 0 Å². The first-order chi connectivity index (χ1) is 12.1. The van der Waals surface area contributed by atoms with E-state index in [2.05, 4.69) is 23.8 Å². The monoisotopic (exact) mass is 353 g/mol. The minimum atomic E-state index is 0.167. The van der Waals surface area contributed by atoms with Crippen molar-refractivity contribution in [2.24, 2.45) is 0 Å². The number of carbonyl (C=O) groups is 1. The summed E-state index contributed by atoms with van der Waals surface area (Å²) >= 11 is 1.55. The Hall–Kier alpha value is -2.14. The molecular weight excluding hydrogens is 330 g/mol. The molecule has 1 fully saturated rings. The van der Waals surface area contributed by atoms with Gasteiger partial charge in [0.1, 0.15) is 4.83 Å². The van der Waals surface area contributed by atoms with Gasteiger partial charge in [0.25, 0.3) is 5.91 Å². The molecular formula is C20H23N3OS. The third kappa shape index (κ3) is 2.76. The summed E-state index contributed by atoms with van der Waals surface area (Å²) in [5.41, 5.74) is 2.00. The molecule has 0 aliphatic heterocycles. The van der Waals surface area contributed by atoms with E-state index in [0.717, 1.165) is 39.3 Å². The van der Waals surface area contributed by atoms with Crippen LogP contribution in [-0.2, 0) is 0 Å². The van der Waals surface area contributed by atoms with Crippen molar-refractivity contribution < 1.29 is 4.79 Å². The molecule has 1 aliphatic rings. The van der Waals surface area contributed by atoms with E-state index < -0.39 is 0 Å². The zero-order chi connectivity index (χ0) is 17.6. The van der Waals surface area contributed by atoms with E-state index in [0.29, 0.717) is 6.04 Å². The number of hydrogen-bond donors (Lipinski definition) is 0. The predicted molar refractivity (Wildman–Crippen MR) is 103 cm³/mol. The highest BCUT2D eigenvalue weighted by Crippen LogP contribution is 2.34. The van der Waals surface area contributed by atoms with Crippen LogP contribution in [0.4, 0.5) is 0 Å². The molecule has 1 saturated carbocycles. The number of fused-ring (bicyclic) bond motifs is 1. The third-order valence-corrected chi connectivity index (χ3v) is 6.11. The van der Waals surface area contributed by atoms with Crippen LogP contribution in [0, 0.1) is 6.92 Å². The Labute approximate surface area is 152 Å². The summed E-state index contributed by atoms with van der Waals surface area (Å²) in [7, 11) is 0. The van der Waals surface area contributed by atoms with E-state index in [1.54, 1.807) is 11.3 Å². The molecule has 0 spiro atoms. The fraction of sp³-hybridized carbons (Fsp3) is 0.400. The van der Waals surface area contributed by atoms with E-state index in [4.69, 9.17) is 0 Å². The second-order valence-electron chi connectivity index (χ2n) is 7.05. The van der Waals surface area contributed by atoms with Crippen molar-refractivity contribution in [3.05, 3.63) is 47.0 Å². The van der Waals surface area contributed by atoms with Gasteiger partial charge in [-0.25, -0.2) is 4.68 Å². The Morgan fingerprint density at radius 1 is 1.28 bits per heavy atom. The molecule has 1 aliphatic carbocycles. The number of hydrogen-bond acceptors (Lipinski definition) is 3.